The van der Waals surface area contributed by atoms with E-state index in [4.69, 9.17) is 19.0 Å². The molecule has 1 fully saturated rings. The third-order valence-corrected chi connectivity index (χ3v) is 6.41. The van der Waals surface area contributed by atoms with Crippen LogP contribution in [0.25, 0.3) is 11.2 Å². The fourth-order valence-corrected chi connectivity index (χ4v) is 5.06. The van der Waals surface area contributed by atoms with Crippen LogP contribution >= 0.6 is 7.82 Å². The van der Waals surface area contributed by atoms with E-state index in [0.29, 0.717) is 17.0 Å². The molecule has 1 saturated heterocycles. The molecule has 0 saturated carbocycles. The lowest BCUT2D eigenvalue weighted by atomic mass is 10.1. The van der Waals surface area contributed by atoms with Gasteiger partial charge in [0.05, 0.1) is 25.6 Å². The van der Waals surface area contributed by atoms with Crippen LogP contribution in [0.15, 0.2) is 24.9 Å². The van der Waals surface area contributed by atoms with Crippen LogP contribution < -0.4 is 5.32 Å². The maximum atomic E-state index is 11.2. The smallest absolute Gasteiger partial charge is 0.394 e. The molecule has 5 heterocycles. The molecule has 0 aromatic carbocycles. The predicted octanol–water partition coefficient (Wildman–Crippen LogP) is 0.435. The lowest BCUT2D eigenvalue weighted by Gasteiger charge is -2.16. The summed E-state index contributed by atoms with van der Waals surface area (Å²) in [5, 5.41) is 22.6. The Hall–Kier alpha value is -2.38. The summed E-state index contributed by atoms with van der Waals surface area (Å²) in [6.45, 7) is 0.330. The van der Waals surface area contributed by atoms with Crippen molar-refractivity contribution >= 4 is 24.8 Å². The van der Waals surface area contributed by atoms with Crippen LogP contribution in [0, 0.1) is 0 Å². The van der Waals surface area contributed by atoms with Gasteiger partial charge in [0.1, 0.15) is 24.8 Å². The fraction of sp³-hybridized carbons (Fsp3) is 0.500. The second-order valence-electron chi connectivity index (χ2n) is 7.79. The van der Waals surface area contributed by atoms with Gasteiger partial charge in [0.25, 0.3) is 0 Å². The number of nitrogens with zero attached hydrogens (tertiary/aromatic N) is 5. The number of imidazole rings is 1. The monoisotopic (exact) mass is 466 g/mol. The van der Waals surface area contributed by atoms with Crippen molar-refractivity contribution < 1.29 is 33.8 Å². The highest BCUT2D eigenvalue weighted by Gasteiger charge is 2.41. The normalized spacial score (nSPS) is 25.5. The third-order valence-electron chi connectivity index (χ3n) is 5.87. The Labute approximate surface area is 181 Å². The largest absolute Gasteiger partial charge is 0.469 e. The number of aliphatic hydroxyl groups excluding tert-OH is 2. The lowest BCUT2D eigenvalue weighted by Crippen LogP contribution is -2.26. The average molecular weight is 466 g/mol. The van der Waals surface area contributed by atoms with E-state index < -0.39 is 32.9 Å². The summed E-state index contributed by atoms with van der Waals surface area (Å²) in [6.07, 6.45) is 3.24. The second kappa shape index (κ2) is 8.19. The number of anilines is 1. The maximum Gasteiger partial charge on any atom is 0.469 e. The van der Waals surface area contributed by atoms with Crippen LogP contribution in [0.3, 0.4) is 0 Å². The first-order valence-corrected chi connectivity index (χ1v) is 11.6. The van der Waals surface area contributed by atoms with Crippen LogP contribution in [0.4, 0.5) is 5.82 Å². The number of nitrogens with one attached hydrogen (secondary N) is 1. The quantitative estimate of drug-likeness (QED) is 0.305. The predicted molar refractivity (Wildman–Crippen MR) is 109 cm³/mol. The van der Waals surface area contributed by atoms with E-state index in [1.54, 1.807) is 4.57 Å². The van der Waals surface area contributed by atoms with Crippen molar-refractivity contribution in [3.63, 3.8) is 0 Å². The van der Waals surface area contributed by atoms with E-state index in [2.05, 4.69) is 24.8 Å². The topological polar surface area (TPSA) is 177 Å². The molecule has 0 bridgehead atoms. The van der Waals surface area contributed by atoms with E-state index >= 15 is 0 Å². The molecule has 0 spiro atoms. The van der Waals surface area contributed by atoms with Crippen LogP contribution in [0.5, 0.6) is 0 Å². The Kier molecular flexibility index (Phi) is 5.50. The molecule has 0 amide bonds. The highest BCUT2D eigenvalue weighted by Crippen LogP contribution is 2.44. The van der Waals surface area contributed by atoms with Gasteiger partial charge < -0.3 is 34.6 Å². The summed E-state index contributed by atoms with van der Waals surface area (Å²) in [7, 11) is -4.74. The van der Waals surface area contributed by atoms with Gasteiger partial charge in [0, 0.05) is 30.4 Å². The van der Waals surface area contributed by atoms with Gasteiger partial charge >= 0.3 is 7.82 Å². The number of hydrogen-bond donors (Lipinski definition) is 5. The number of fused-ring (bicyclic) bond motifs is 2. The summed E-state index contributed by atoms with van der Waals surface area (Å²) in [6, 6.07) is 1.86. The number of phosphoric acid groups is 1. The summed E-state index contributed by atoms with van der Waals surface area (Å²) in [5.41, 5.74) is 2.85. The molecule has 0 aliphatic carbocycles. The van der Waals surface area contributed by atoms with Crippen molar-refractivity contribution in [1.82, 2.24) is 24.1 Å². The fourth-order valence-electron chi connectivity index (χ4n) is 4.48. The molecule has 5 rings (SSSR count). The number of ether oxygens (including phenoxy) is 1. The van der Waals surface area contributed by atoms with E-state index in [-0.39, 0.29) is 19.1 Å². The molecule has 0 radical (unpaired) electrons. The summed E-state index contributed by atoms with van der Waals surface area (Å²) in [4.78, 5) is 31.3. The molecule has 2 aliphatic heterocycles. The number of aryl methyl sites for hydroxylation is 1. The Morgan fingerprint density at radius 3 is 2.88 bits per heavy atom. The van der Waals surface area contributed by atoms with Crippen LogP contribution in [-0.2, 0) is 27.0 Å². The summed E-state index contributed by atoms with van der Waals surface area (Å²) < 4.78 is 25.5. The molecule has 3 aromatic rings. The average Bonchev–Trinajstić information content (AvgIpc) is 3.50. The van der Waals surface area contributed by atoms with Crippen molar-refractivity contribution in [1.29, 1.82) is 0 Å². The zero-order chi connectivity index (χ0) is 22.5. The minimum Gasteiger partial charge on any atom is -0.394 e. The first-order valence-electron chi connectivity index (χ1n) is 10.1. The van der Waals surface area contributed by atoms with Crippen molar-refractivity contribution in [2.45, 2.75) is 50.5 Å². The molecule has 13 nitrogen and oxygen atoms in total. The number of aliphatic hydroxyl groups is 2. The minimum atomic E-state index is -4.74. The molecule has 4 atom stereocenters. The van der Waals surface area contributed by atoms with Crippen LogP contribution in [0.2, 0.25) is 0 Å². The van der Waals surface area contributed by atoms with Crippen LogP contribution in [0.1, 0.15) is 36.4 Å². The number of rotatable bonds is 7. The standard InChI is InChI=1S/C18H23N6O7P/c25-6-10-1-3-23-4-2-11(16(10)23)22-17-15-18(20-8-19-17)24(9-21-15)14-5-12(13(7-26)30-14)31-32(27,28)29/h1,3,8-9,11-14,25-26H,2,4-7H2,(H,19,20,22)(H2,27,28,29)/t11?,12-,13+,14+/m0/s1. The van der Waals surface area contributed by atoms with Crippen molar-refractivity contribution in [3.05, 3.63) is 36.2 Å². The molecule has 5 N–H and O–H groups in total. The van der Waals surface area contributed by atoms with Gasteiger partial charge in [0.2, 0.25) is 0 Å². The lowest BCUT2D eigenvalue weighted by molar-refractivity contribution is -0.0425. The Morgan fingerprint density at radius 1 is 1.28 bits per heavy atom. The molecule has 2 aliphatic rings. The molecule has 1 unspecified atom stereocenters. The van der Waals surface area contributed by atoms with E-state index in [9.17, 15) is 14.8 Å². The molecular weight excluding hydrogens is 443 g/mol. The zero-order valence-corrected chi connectivity index (χ0v) is 17.7. The Bertz CT molecular complexity index is 1180. The van der Waals surface area contributed by atoms with Gasteiger partial charge in [-0.25, -0.2) is 19.5 Å². The number of hydrogen-bond acceptors (Lipinski definition) is 9. The number of aromatic nitrogens is 5. The van der Waals surface area contributed by atoms with Gasteiger partial charge in [-0.15, -0.1) is 0 Å². The summed E-state index contributed by atoms with van der Waals surface area (Å²) >= 11 is 0. The van der Waals surface area contributed by atoms with E-state index in [1.165, 1.54) is 12.7 Å². The second-order valence-corrected chi connectivity index (χ2v) is 8.98. The van der Waals surface area contributed by atoms with Crippen molar-refractivity contribution in [2.75, 3.05) is 11.9 Å². The molecule has 32 heavy (non-hydrogen) atoms. The van der Waals surface area contributed by atoms with Gasteiger partial charge in [-0.2, -0.15) is 0 Å². The van der Waals surface area contributed by atoms with Crippen molar-refractivity contribution in [2.24, 2.45) is 0 Å². The minimum absolute atomic E-state index is 0.0436. The Morgan fingerprint density at radius 2 is 2.12 bits per heavy atom. The molecule has 3 aromatic heterocycles. The van der Waals surface area contributed by atoms with Gasteiger partial charge in [-0.05, 0) is 12.5 Å². The van der Waals surface area contributed by atoms with Gasteiger partial charge in [-0.1, -0.05) is 0 Å². The van der Waals surface area contributed by atoms with Crippen molar-refractivity contribution in [3.8, 4) is 0 Å². The molecular formula is C18H23N6O7P. The van der Waals surface area contributed by atoms with Gasteiger partial charge in [0.15, 0.2) is 17.0 Å². The highest BCUT2D eigenvalue weighted by atomic mass is 31.2. The molecule has 172 valence electrons. The zero-order valence-electron chi connectivity index (χ0n) is 16.9. The van der Waals surface area contributed by atoms with E-state index in [1.807, 2.05) is 12.3 Å². The Balaban J connectivity index is 1.41. The van der Waals surface area contributed by atoms with Crippen LogP contribution in [-0.4, -0.2) is 62.9 Å². The van der Waals surface area contributed by atoms with Gasteiger partial charge in [-0.3, -0.25) is 9.09 Å². The maximum absolute atomic E-state index is 11.2. The first-order chi connectivity index (χ1) is 15.4. The summed E-state index contributed by atoms with van der Waals surface area (Å²) in [5.74, 6) is 0.525. The third kappa shape index (κ3) is 3.82. The van der Waals surface area contributed by atoms with E-state index in [0.717, 1.165) is 24.2 Å². The first kappa shape index (κ1) is 21.5. The molecule has 14 heteroatoms. The highest BCUT2D eigenvalue weighted by molar-refractivity contribution is 7.46. The number of phosphoric ester groups is 1. The SMILES string of the molecule is O=P(O)(O)O[C@H]1C[C@H](n2cnc3c(NC4CCn5ccc(CO)c54)ncnc32)O[C@@H]1CO.